The summed E-state index contributed by atoms with van der Waals surface area (Å²) >= 11 is 0. The second-order valence-corrected chi connectivity index (χ2v) is 8.70. The van der Waals surface area contributed by atoms with Crippen LogP contribution >= 0.6 is 24.0 Å². The first kappa shape index (κ1) is 24.3. The maximum Gasteiger partial charge on any atom is 0.407 e. The molecule has 2 atom stereocenters. The summed E-state index contributed by atoms with van der Waals surface area (Å²) in [6, 6.07) is 1.23. The van der Waals surface area contributed by atoms with Crippen LogP contribution in [0.5, 0.6) is 0 Å². The molecule has 27 heavy (non-hydrogen) atoms. The van der Waals surface area contributed by atoms with Crippen molar-refractivity contribution in [2.45, 2.75) is 103 Å². The molecule has 0 heterocycles. The number of nitrogens with one attached hydrogen (secondary N) is 3. The Hall–Kier alpha value is -0.730. The van der Waals surface area contributed by atoms with Crippen LogP contribution in [0.25, 0.3) is 0 Å². The summed E-state index contributed by atoms with van der Waals surface area (Å²) < 4.78 is 5.35. The zero-order valence-corrected chi connectivity index (χ0v) is 20.0. The highest BCUT2D eigenvalue weighted by molar-refractivity contribution is 14.0. The van der Waals surface area contributed by atoms with Gasteiger partial charge in [-0.2, -0.15) is 0 Å². The van der Waals surface area contributed by atoms with E-state index in [1.807, 2.05) is 20.8 Å². The first-order valence-corrected chi connectivity index (χ1v) is 10.4. The van der Waals surface area contributed by atoms with Gasteiger partial charge in [0, 0.05) is 24.7 Å². The Labute approximate surface area is 182 Å². The third-order valence-corrected chi connectivity index (χ3v) is 5.01. The maximum absolute atomic E-state index is 11.9. The summed E-state index contributed by atoms with van der Waals surface area (Å²) in [5.74, 6) is 1.78. The van der Waals surface area contributed by atoms with Crippen LogP contribution in [-0.4, -0.2) is 42.3 Å². The van der Waals surface area contributed by atoms with E-state index in [9.17, 15) is 4.79 Å². The number of carbonyl (C=O) groups excluding carboxylic acids is 1. The molecule has 0 saturated heterocycles. The summed E-state index contributed by atoms with van der Waals surface area (Å²) in [6.07, 6.45) is 7.53. The van der Waals surface area contributed by atoms with E-state index < -0.39 is 5.60 Å². The fourth-order valence-corrected chi connectivity index (χ4v) is 3.63. The molecule has 0 bridgehead atoms. The number of guanidine groups is 1. The minimum absolute atomic E-state index is 0. The van der Waals surface area contributed by atoms with Crippen molar-refractivity contribution in [2.75, 3.05) is 6.54 Å². The molecule has 2 aliphatic carbocycles. The van der Waals surface area contributed by atoms with Crippen molar-refractivity contribution in [2.24, 2.45) is 10.9 Å². The molecule has 2 fully saturated rings. The lowest BCUT2D eigenvalue weighted by Crippen LogP contribution is -2.48. The topological polar surface area (TPSA) is 74.8 Å². The van der Waals surface area contributed by atoms with Gasteiger partial charge in [-0.3, -0.25) is 4.99 Å². The van der Waals surface area contributed by atoms with Crippen LogP contribution in [-0.2, 0) is 4.74 Å². The third kappa shape index (κ3) is 9.34. The molecular weight excluding hydrogens is 455 g/mol. The van der Waals surface area contributed by atoms with E-state index in [1.54, 1.807) is 0 Å². The van der Waals surface area contributed by atoms with Crippen LogP contribution in [0.15, 0.2) is 4.99 Å². The molecule has 158 valence electrons. The molecule has 0 aromatic carbocycles. The van der Waals surface area contributed by atoms with Gasteiger partial charge < -0.3 is 20.7 Å². The lowest BCUT2D eigenvalue weighted by Gasteiger charge is -2.31. The van der Waals surface area contributed by atoms with Crippen LogP contribution in [0.2, 0.25) is 0 Å². The molecule has 2 rings (SSSR count). The highest BCUT2D eigenvalue weighted by Crippen LogP contribution is 2.34. The average Bonchev–Trinajstić information content (AvgIpc) is 3.25. The summed E-state index contributed by atoms with van der Waals surface area (Å²) in [6.45, 7) is 10.8. The number of hydrogen-bond acceptors (Lipinski definition) is 3. The molecule has 2 saturated carbocycles. The number of nitrogens with zero attached hydrogens (tertiary/aromatic N) is 1. The number of halogens is 1. The Morgan fingerprint density at radius 2 is 1.63 bits per heavy atom. The number of amides is 1. The van der Waals surface area contributed by atoms with Crippen LogP contribution in [0.3, 0.4) is 0 Å². The zero-order chi connectivity index (χ0) is 19.2. The lowest BCUT2D eigenvalue weighted by atomic mass is 9.91. The standard InChI is InChI=1S/C20H38N4O2.HI/c1-6-8-14-13-17(14)24-18(21-7-2)22-15-9-11-16(12-10-15)23-19(25)26-20(3,4)5;/h14-17H,6-13H2,1-5H3,(H,23,25)(H2,21,22,24);1H. The Morgan fingerprint density at radius 3 is 2.15 bits per heavy atom. The van der Waals surface area contributed by atoms with Gasteiger partial charge in [0.05, 0.1) is 0 Å². The molecule has 2 unspecified atom stereocenters. The molecule has 1 amide bonds. The Bertz CT molecular complexity index is 485. The number of aliphatic imine (C=N–C) groups is 1. The number of rotatable bonds is 6. The summed E-state index contributed by atoms with van der Waals surface area (Å²) in [5.41, 5.74) is -0.446. The first-order valence-electron chi connectivity index (χ1n) is 10.4. The van der Waals surface area contributed by atoms with E-state index in [-0.39, 0.29) is 36.1 Å². The van der Waals surface area contributed by atoms with Crippen molar-refractivity contribution in [3.05, 3.63) is 0 Å². The van der Waals surface area contributed by atoms with Crippen LogP contribution < -0.4 is 16.0 Å². The highest BCUT2D eigenvalue weighted by Gasteiger charge is 2.37. The molecule has 3 N–H and O–H groups in total. The van der Waals surface area contributed by atoms with Crippen molar-refractivity contribution in [3.63, 3.8) is 0 Å². The SMILES string of the molecule is CCCC1CC1NC(=NCC)NC1CCC(NC(=O)OC(C)(C)C)CC1.I. The van der Waals surface area contributed by atoms with Crippen molar-refractivity contribution < 1.29 is 9.53 Å². The second kappa shape index (κ2) is 11.3. The van der Waals surface area contributed by atoms with Gasteiger partial charge in [-0.05, 0) is 72.1 Å². The lowest BCUT2D eigenvalue weighted by molar-refractivity contribution is 0.0490. The maximum atomic E-state index is 11.9. The predicted octanol–water partition coefficient (Wildman–Crippen LogP) is 4.18. The largest absolute Gasteiger partial charge is 0.444 e. The second-order valence-electron chi connectivity index (χ2n) is 8.70. The highest BCUT2D eigenvalue weighted by atomic mass is 127. The van der Waals surface area contributed by atoms with Crippen LogP contribution in [0, 0.1) is 5.92 Å². The van der Waals surface area contributed by atoms with Crippen molar-refractivity contribution in [3.8, 4) is 0 Å². The van der Waals surface area contributed by atoms with Crippen LogP contribution in [0.1, 0.15) is 79.6 Å². The molecule has 0 aliphatic heterocycles. The smallest absolute Gasteiger partial charge is 0.407 e. The fourth-order valence-electron chi connectivity index (χ4n) is 3.63. The molecule has 0 aromatic rings. The van der Waals surface area contributed by atoms with E-state index in [0.29, 0.717) is 12.1 Å². The third-order valence-electron chi connectivity index (χ3n) is 5.01. The molecule has 0 spiro atoms. The quantitative estimate of drug-likeness (QED) is 0.294. The molecule has 0 radical (unpaired) electrons. The first-order chi connectivity index (χ1) is 12.3. The molecule has 7 heteroatoms. The van der Waals surface area contributed by atoms with Crippen molar-refractivity contribution >= 4 is 36.0 Å². The fraction of sp³-hybridized carbons (Fsp3) is 0.900. The van der Waals surface area contributed by atoms with Crippen molar-refractivity contribution in [1.82, 2.24) is 16.0 Å². The molecule has 0 aromatic heterocycles. The molecule has 6 nitrogen and oxygen atoms in total. The van der Waals surface area contributed by atoms with Crippen molar-refractivity contribution in [1.29, 1.82) is 0 Å². The minimum Gasteiger partial charge on any atom is -0.444 e. The summed E-state index contributed by atoms with van der Waals surface area (Å²) in [4.78, 5) is 16.5. The van der Waals surface area contributed by atoms with Gasteiger partial charge in [-0.1, -0.05) is 13.3 Å². The van der Waals surface area contributed by atoms with Gasteiger partial charge in [0.15, 0.2) is 5.96 Å². The van der Waals surface area contributed by atoms with Gasteiger partial charge in [0.2, 0.25) is 0 Å². The molecular formula is C20H39IN4O2. The van der Waals surface area contributed by atoms with E-state index in [1.165, 1.54) is 19.3 Å². The number of ether oxygens (including phenoxy) is 1. The predicted molar refractivity (Wildman–Crippen MR) is 122 cm³/mol. The van der Waals surface area contributed by atoms with Gasteiger partial charge in [-0.25, -0.2) is 4.79 Å². The Kier molecular flexibility index (Phi) is 10.2. The van der Waals surface area contributed by atoms with Gasteiger partial charge in [0.25, 0.3) is 0 Å². The molecule has 2 aliphatic rings. The monoisotopic (exact) mass is 494 g/mol. The number of carbonyl (C=O) groups is 1. The van der Waals surface area contributed by atoms with Gasteiger partial charge in [-0.15, -0.1) is 24.0 Å². The van der Waals surface area contributed by atoms with Gasteiger partial charge in [0.1, 0.15) is 5.60 Å². The van der Waals surface area contributed by atoms with Crippen LogP contribution in [0.4, 0.5) is 4.79 Å². The number of alkyl carbamates (subject to hydrolysis) is 1. The normalized spacial score (nSPS) is 28.0. The Morgan fingerprint density at radius 1 is 1.04 bits per heavy atom. The summed E-state index contributed by atoms with van der Waals surface area (Å²) in [5, 5.41) is 10.2. The Balaban J connectivity index is 0.00000364. The minimum atomic E-state index is -0.446. The van der Waals surface area contributed by atoms with Gasteiger partial charge >= 0.3 is 6.09 Å². The van der Waals surface area contributed by atoms with E-state index >= 15 is 0 Å². The van der Waals surface area contributed by atoms with E-state index in [0.717, 1.165) is 44.1 Å². The average molecular weight is 494 g/mol. The van der Waals surface area contributed by atoms with E-state index in [4.69, 9.17) is 4.74 Å². The summed E-state index contributed by atoms with van der Waals surface area (Å²) in [7, 11) is 0. The zero-order valence-electron chi connectivity index (χ0n) is 17.6. The van der Waals surface area contributed by atoms with E-state index in [2.05, 4.69) is 34.8 Å². The number of hydrogen-bond donors (Lipinski definition) is 3.